The summed E-state index contributed by atoms with van der Waals surface area (Å²) in [5, 5.41) is 0. The second kappa shape index (κ2) is 8.32. The lowest BCUT2D eigenvalue weighted by Crippen LogP contribution is -2.13. The second-order valence-electron chi connectivity index (χ2n) is 4.97. The van der Waals surface area contributed by atoms with Crippen molar-refractivity contribution in [1.82, 2.24) is 0 Å². The summed E-state index contributed by atoms with van der Waals surface area (Å²) in [6, 6.07) is 9.96. The highest BCUT2D eigenvalue weighted by Gasteiger charge is 2.03. The van der Waals surface area contributed by atoms with Crippen LogP contribution in [0.1, 0.15) is 25.3 Å². The van der Waals surface area contributed by atoms with Crippen molar-refractivity contribution >= 4 is 12.1 Å². The van der Waals surface area contributed by atoms with E-state index in [0.717, 1.165) is 24.2 Å². The van der Waals surface area contributed by atoms with Crippen molar-refractivity contribution in [1.29, 1.82) is 0 Å². The van der Waals surface area contributed by atoms with Crippen molar-refractivity contribution in [3.8, 4) is 0 Å². The minimum absolute atomic E-state index is 0.0401. The van der Waals surface area contributed by atoms with Gasteiger partial charge in [-0.15, -0.1) is 0 Å². The summed E-state index contributed by atoms with van der Waals surface area (Å²) in [4.78, 5) is 8.66. The van der Waals surface area contributed by atoms with Crippen LogP contribution < -0.4 is 0 Å². The summed E-state index contributed by atoms with van der Waals surface area (Å²) in [6.45, 7) is 2.63. The highest BCUT2D eigenvalue weighted by Crippen LogP contribution is 2.10. The Labute approximate surface area is 126 Å². The van der Waals surface area contributed by atoms with Crippen molar-refractivity contribution in [3.05, 3.63) is 59.7 Å². The van der Waals surface area contributed by atoms with Crippen LogP contribution in [0.5, 0.6) is 0 Å². The van der Waals surface area contributed by atoms with Crippen molar-refractivity contribution in [2.24, 2.45) is 9.98 Å². The van der Waals surface area contributed by atoms with Gasteiger partial charge in [0.1, 0.15) is 0 Å². The van der Waals surface area contributed by atoms with Gasteiger partial charge in [0.05, 0.1) is 12.7 Å². The van der Waals surface area contributed by atoms with Gasteiger partial charge in [-0.1, -0.05) is 48.6 Å². The molecule has 0 fully saturated rings. The molecule has 0 spiro atoms. The van der Waals surface area contributed by atoms with Gasteiger partial charge in [-0.05, 0) is 25.3 Å². The Morgan fingerprint density at radius 1 is 1.29 bits per heavy atom. The zero-order valence-corrected chi connectivity index (χ0v) is 12.7. The topological polar surface area (TPSA) is 34.0 Å². The van der Waals surface area contributed by atoms with Crippen molar-refractivity contribution in [2.45, 2.75) is 25.9 Å². The molecule has 1 aromatic rings. The van der Waals surface area contributed by atoms with Crippen LogP contribution in [0, 0.1) is 0 Å². The first-order chi connectivity index (χ1) is 10.3. The Bertz CT molecular complexity index is 556. The fourth-order valence-corrected chi connectivity index (χ4v) is 2.07. The van der Waals surface area contributed by atoms with E-state index in [2.05, 4.69) is 28.2 Å². The third kappa shape index (κ3) is 5.12. The van der Waals surface area contributed by atoms with Crippen LogP contribution in [0.25, 0.3) is 0 Å². The second-order valence-corrected chi connectivity index (χ2v) is 4.97. The van der Waals surface area contributed by atoms with Gasteiger partial charge in [0.2, 0.25) is 0 Å². The Kier molecular flexibility index (Phi) is 6.10. The molecule has 1 aliphatic carbocycles. The fraction of sp³-hybridized carbons (Fsp3) is 0.333. The fourth-order valence-electron chi connectivity index (χ4n) is 2.07. The van der Waals surface area contributed by atoms with Gasteiger partial charge in [-0.3, -0.25) is 4.99 Å². The number of nitrogens with zero attached hydrogens (tertiary/aromatic N) is 2. The molecular formula is C18H22N2O. The highest BCUT2D eigenvalue weighted by molar-refractivity contribution is 6.03. The van der Waals surface area contributed by atoms with Crippen molar-refractivity contribution in [3.63, 3.8) is 0 Å². The largest absolute Gasteiger partial charge is 0.368 e. The van der Waals surface area contributed by atoms with E-state index in [1.807, 2.05) is 43.5 Å². The molecule has 1 unspecified atom stereocenters. The van der Waals surface area contributed by atoms with Gasteiger partial charge < -0.3 is 4.74 Å². The Morgan fingerprint density at radius 2 is 2.10 bits per heavy atom. The van der Waals surface area contributed by atoms with Crippen LogP contribution in [-0.4, -0.2) is 31.8 Å². The maximum absolute atomic E-state index is 5.79. The SMILES string of the molecule is CN=C(N=CC(C)OCC1=CCCC=C1)c1ccccc1. The van der Waals surface area contributed by atoms with Crippen LogP contribution in [0.2, 0.25) is 0 Å². The maximum Gasteiger partial charge on any atom is 0.154 e. The summed E-state index contributed by atoms with van der Waals surface area (Å²) >= 11 is 0. The lowest BCUT2D eigenvalue weighted by atomic mass is 10.1. The standard InChI is InChI=1S/C18H22N2O/c1-15(21-14-16-9-5-3-6-10-16)13-20-18(19-2)17-11-7-4-8-12-17/h4-5,7-13,15H,3,6,14H2,1-2H3. The number of rotatable bonds is 5. The van der Waals surface area contributed by atoms with Gasteiger partial charge in [-0.2, -0.15) is 0 Å². The number of amidine groups is 1. The van der Waals surface area contributed by atoms with E-state index in [0.29, 0.717) is 6.61 Å². The molecule has 0 saturated heterocycles. The molecule has 1 atom stereocenters. The number of ether oxygens (including phenoxy) is 1. The molecule has 0 heterocycles. The third-order valence-electron chi connectivity index (χ3n) is 3.24. The summed E-state index contributed by atoms with van der Waals surface area (Å²) in [5.74, 6) is 0.725. The summed E-state index contributed by atoms with van der Waals surface area (Å²) in [7, 11) is 1.75. The molecule has 110 valence electrons. The average molecular weight is 282 g/mol. The van der Waals surface area contributed by atoms with Gasteiger partial charge in [-0.25, -0.2) is 4.99 Å². The van der Waals surface area contributed by atoms with Gasteiger partial charge >= 0.3 is 0 Å². The predicted octanol–water partition coefficient (Wildman–Crippen LogP) is 3.82. The van der Waals surface area contributed by atoms with E-state index in [1.165, 1.54) is 5.57 Å². The minimum Gasteiger partial charge on any atom is -0.368 e. The average Bonchev–Trinajstić information content (AvgIpc) is 2.55. The molecule has 0 bridgehead atoms. The van der Waals surface area contributed by atoms with Gasteiger partial charge in [0.25, 0.3) is 0 Å². The molecule has 0 saturated carbocycles. The molecule has 3 heteroatoms. The van der Waals surface area contributed by atoms with Gasteiger partial charge in [0.15, 0.2) is 5.84 Å². The first-order valence-corrected chi connectivity index (χ1v) is 7.33. The van der Waals surface area contributed by atoms with Crippen LogP contribution in [-0.2, 0) is 4.74 Å². The van der Waals surface area contributed by atoms with Crippen LogP contribution in [0.4, 0.5) is 0 Å². The van der Waals surface area contributed by atoms with Crippen LogP contribution in [0.15, 0.2) is 64.1 Å². The molecular weight excluding hydrogens is 260 g/mol. The molecule has 2 rings (SSSR count). The number of hydrogen-bond acceptors (Lipinski definition) is 2. The van der Waals surface area contributed by atoms with Crippen LogP contribution in [0.3, 0.4) is 0 Å². The first-order valence-electron chi connectivity index (χ1n) is 7.33. The number of aliphatic imine (C=N–C) groups is 2. The van der Waals surface area contributed by atoms with Crippen LogP contribution >= 0.6 is 0 Å². The smallest absolute Gasteiger partial charge is 0.154 e. The first kappa shape index (κ1) is 15.4. The molecule has 0 aliphatic heterocycles. The monoisotopic (exact) mass is 282 g/mol. The lowest BCUT2D eigenvalue weighted by molar-refractivity contribution is 0.135. The van der Waals surface area contributed by atoms with Gasteiger partial charge in [0, 0.05) is 18.8 Å². The van der Waals surface area contributed by atoms with Crippen molar-refractivity contribution in [2.75, 3.05) is 13.7 Å². The van der Waals surface area contributed by atoms with E-state index in [9.17, 15) is 0 Å². The summed E-state index contributed by atoms with van der Waals surface area (Å²) in [5.41, 5.74) is 2.26. The Balaban J connectivity index is 1.87. The molecule has 3 nitrogen and oxygen atoms in total. The molecule has 0 radical (unpaired) electrons. The van der Waals surface area contributed by atoms with E-state index in [-0.39, 0.29) is 6.10 Å². The highest BCUT2D eigenvalue weighted by atomic mass is 16.5. The normalized spacial score (nSPS) is 17.0. The Morgan fingerprint density at radius 3 is 2.76 bits per heavy atom. The van der Waals surface area contributed by atoms with E-state index in [4.69, 9.17) is 4.74 Å². The molecule has 0 amide bonds. The number of hydrogen-bond donors (Lipinski definition) is 0. The molecule has 21 heavy (non-hydrogen) atoms. The van der Waals surface area contributed by atoms with E-state index >= 15 is 0 Å². The molecule has 1 aromatic carbocycles. The molecule has 1 aliphatic rings. The third-order valence-corrected chi connectivity index (χ3v) is 3.24. The summed E-state index contributed by atoms with van der Waals surface area (Å²) < 4.78 is 5.79. The zero-order valence-electron chi connectivity index (χ0n) is 12.7. The zero-order chi connectivity index (χ0) is 14.9. The lowest BCUT2D eigenvalue weighted by Gasteiger charge is -2.11. The van der Waals surface area contributed by atoms with E-state index in [1.54, 1.807) is 7.05 Å². The number of benzene rings is 1. The molecule has 0 N–H and O–H groups in total. The quantitative estimate of drug-likeness (QED) is 0.597. The predicted molar refractivity (Wildman–Crippen MR) is 89.3 cm³/mol. The van der Waals surface area contributed by atoms with Crippen molar-refractivity contribution < 1.29 is 4.74 Å². The number of allylic oxidation sites excluding steroid dienone is 2. The summed E-state index contributed by atoms with van der Waals surface area (Å²) in [6.07, 6.45) is 10.6. The molecule has 0 aromatic heterocycles. The maximum atomic E-state index is 5.79. The minimum atomic E-state index is -0.0401. The van der Waals surface area contributed by atoms with E-state index < -0.39 is 0 Å². The Hall–Kier alpha value is -2.00.